The first-order valence-corrected chi connectivity index (χ1v) is 7.79. The van der Waals surface area contributed by atoms with Crippen molar-refractivity contribution in [1.82, 2.24) is 10.2 Å². The van der Waals surface area contributed by atoms with Crippen LogP contribution in [0.5, 0.6) is 0 Å². The quantitative estimate of drug-likeness (QED) is 0.877. The SMILES string of the molecule is Cc1ccccc1CN1CCCNC2(CCCC2)C1. The smallest absolute Gasteiger partial charge is 0.0308 e. The molecule has 1 heterocycles. The van der Waals surface area contributed by atoms with Crippen LogP contribution in [-0.4, -0.2) is 30.1 Å². The van der Waals surface area contributed by atoms with Gasteiger partial charge in [0.2, 0.25) is 0 Å². The van der Waals surface area contributed by atoms with Crippen LogP contribution in [0, 0.1) is 6.92 Å². The summed E-state index contributed by atoms with van der Waals surface area (Å²) in [4.78, 5) is 2.67. The van der Waals surface area contributed by atoms with Crippen LogP contribution in [0.1, 0.15) is 43.2 Å². The van der Waals surface area contributed by atoms with Gasteiger partial charge < -0.3 is 5.32 Å². The number of nitrogens with one attached hydrogen (secondary N) is 1. The van der Waals surface area contributed by atoms with Crippen molar-refractivity contribution in [2.24, 2.45) is 0 Å². The maximum atomic E-state index is 3.85. The van der Waals surface area contributed by atoms with Gasteiger partial charge in [0.15, 0.2) is 0 Å². The Morgan fingerprint density at radius 2 is 1.95 bits per heavy atom. The molecule has 0 aromatic heterocycles. The van der Waals surface area contributed by atoms with E-state index in [1.165, 1.54) is 62.9 Å². The fourth-order valence-corrected chi connectivity index (χ4v) is 3.77. The van der Waals surface area contributed by atoms with E-state index in [0.717, 1.165) is 6.54 Å². The lowest BCUT2D eigenvalue weighted by Gasteiger charge is -2.33. The van der Waals surface area contributed by atoms with Gasteiger partial charge in [-0.05, 0) is 50.4 Å². The predicted octanol–water partition coefficient (Wildman–Crippen LogP) is 3.10. The second-order valence-corrected chi connectivity index (χ2v) is 6.40. The number of nitrogens with zero attached hydrogens (tertiary/aromatic N) is 1. The lowest BCUT2D eigenvalue weighted by molar-refractivity contribution is 0.203. The molecule has 2 heteroatoms. The zero-order valence-electron chi connectivity index (χ0n) is 12.1. The van der Waals surface area contributed by atoms with Crippen molar-refractivity contribution in [2.45, 2.75) is 51.1 Å². The van der Waals surface area contributed by atoms with Crippen LogP contribution in [0.25, 0.3) is 0 Å². The number of benzene rings is 1. The standard InChI is InChI=1S/C17H26N2/c1-15-7-2-3-8-16(15)13-19-12-6-11-18-17(14-19)9-4-5-10-17/h2-3,7-8,18H,4-6,9-14H2,1H3. The minimum atomic E-state index is 0.430. The number of aryl methyl sites for hydroxylation is 1. The maximum Gasteiger partial charge on any atom is 0.0308 e. The zero-order chi connectivity index (χ0) is 13.1. The first-order valence-electron chi connectivity index (χ1n) is 7.79. The van der Waals surface area contributed by atoms with Crippen molar-refractivity contribution in [2.75, 3.05) is 19.6 Å². The highest BCUT2D eigenvalue weighted by atomic mass is 15.2. The summed E-state index contributed by atoms with van der Waals surface area (Å²) in [5, 5.41) is 3.85. The third-order valence-electron chi connectivity index (χ3n) is 4.89. The fourth-order valence-electron chi connectivity index (χ4n) is 3.77. The number of rotatable bonds is 2. The molecule has 1 aromatic rings. The summed E-state index contributed by atoms with van der Waals surface area (Å²) in [6.45, 7) is 7.03. The molecular formula is C17H26N2. The van der Waals surface area contributed by atoms with Gasteiger partial charge in [0.25, 0.3) is 0 Å². The average Bonchev–Trinajstić information content (AvgIpc) is 2.76. The summed E-state index contributed by atoms with van der Waals surface area (Å²) in [5.41, 5.74) is 3.36. The number of hydrogen-bond acceptors (Lipinski definition) is 2. The second kappa shape index (κ2) is 5.64. The molecule has 2 nitrogen and oxygen atoms in total. The van der Waals surface area contributed by atoms with Crippen molar-refractivity contribution in [3.05, 3.63) is 35.4 Å². The maximum absolute atomic E-state index is 3.85. The van der Waals surface area contributed by atoms with Crippen LogP contribution in [0.3, 0.4) is 0 Å². The molecule has 0 radical (unpaired) electrons. The van der Waals surface area contributed by atoms with E-state index in [0.29, 0.717) is 5.54 Å². The van der Waals surface area contributed by atoms with Gasteiger partial charge in [-0.1, -0.05) is 37.1 Å². The normalized spacial score (nSPS) is 23.6. The Balaban J connectivity index is 1.71. The summed E-state index contributed by atoms with van der Waals surface area (Å²) in [6.07, 6.45) is 6.85. The molecule has 1 aliphatic heterocycles. The highest BCUT2D eigenvalue weighted by Crippen LogP contribution is 2.32. The molecule has 1 aromatic carbocycles. The van der Waals surface area contributed by atoms with E-state index in [2.05, 4.69) is 41.4 Å². The van der Waals surface area contributed by atoms with Crippen LogP contribution < -0.4 is 5.32 Å². The number of hydrogen-bond donors (Lipinski definition) is 1. The zero-order valence-corrected chi connectivity index (χ0v) is 12.1. The molecule has 0 bridgehead atoms. The van der Waals surface area contributed by atoms with Crippen molar-refractivity contribution < 1.29 is 0 Å². The molecule has 0 atom stereocenters. The molecule has 1 spiro atoms. The van der Waals surface area contributed by atoms with Gasteiger partial charge in [-0.15, -0.1) is 0 Å². The van der Waals surface area contributed by atoms with Gasteiger partial charge in [-0.3, -0.25) is 4.90 Å². The van der Waals surface area contributed by atoms with Crippen molar-refractivity contribution in [3.63, 3.8) is 0 Å². The lowest BCUT2D eigenvalue weighted by atomic mass is 9.97. The van der Waals surface area contributed by atoms with Crippen LogP contribution in [-0.2, 0) is 6.54 Å². The summed E-state index contributed by atoms with van der Waals surface area (Å²) in [5.74, 6) is 0. The topological polar surface area (TPSA) is 15.3 Å². The first kappa shape index (κ1) is 13.1. The van der Waals surface area contributed by atoms with Crippen LogP contribution in [0.2, 0.25) is 0 Å². The van der Waals surface area contributed by atoms with Gasteiger partial charge >= 0.3 is 0 Å². The van der Waals surface area contributed by atoms with Crippen LogP contribution in [0.15, 0.2) is 24.3 Å². The monoisotopic (exact) mass is 258 g/mol. The fraction of sp³-hybridized carbons (Fsp3) is 0.647. The molecule has 1 aliphatic carbocycles. The lowest BCUT2D eigenvalue weighted by Crippen LogP contribution is -2.49. The first-order chi connectivity index (χ1) is 9.27. The Labute approximate surface area is 117 Å². The molecule has 1 saturated carbocycles. The van der Waals surface area contributed by atoms with Gasteiger partial charge in [0.05, 0.1) is 0 Å². The largest absolute Gasteiger partial charge is 0.310 e. The predicted molar refractivity (Wildman–Crippen MR) is 80.3 cm³/mol. The van der Waals surface area contributed by atoms with Gasteiger partial charge in [-0.25, -0.2) is 0 Å². The molecule has 0 amide bonds. The van der Waals surface area contributed by atoms with E-state index < -0.39 is 0 Å². The van der Waals surface area contributed by atoms with E-state index in [-0.39, 0.29) is 0 Å². The van der Waals surface area contributed by atoms with Gasteiger partial charge in [0.1, 0.15) is 0 Å². The Morgan fingerprint density at radius 1 is 1.16 bits per heavy atom. The Hall–Kier alpha value is -0.860. The Bertz CT molecular complexity index is 421. The summed E-state index contributed by atoms with van der Waals surface area (Å²) in [7, 11) is 0. The van der Waals surface area contributed by atoms with Crippen molar-refractivity contribution in [3.8, 4) is 0 Å². The molecule has 1 N–H and O–H groups in total. The summed E-state index contributed by atoms with van der Waals surface area (Å²) >= 11 is 0. The summed E-state index contributed by atoms with van der Waals surface area (Å²) in [6, 6.07) is 8.83. The molecule has 19 heavy (non-hydrogen) atoms. The molecular weight excluding hydrogens is 232 g/mol. The molecule has 2 aliphatic rings. The van der Waals surface area contributed by atoms with E-state index in [1.54, 1.807) is 0 Å². The van der Waals surface area contributed by atoms with Gasteiger partial charge in [-0.2, -0.15) is 0 Å². The molecule has 0 unspecified atom stereocenters. The molecule has 3 rings (SSSR count). The average molecular weight is 258 g/mol. The third-order valence-corrected chi connectivity index (χ3v) is 4.89. The van der Waals surface area contributed by atoms with Crippen molar-refractivity contribution in [1.29, 1.82) is 0 Å². The van der Waals surface area contributed by atoms with Gasteiger partial charge in [0, 0.05) is 18.6 Å². The Kier molecular flexibility index (Phi) is 3.90. The highest BCUT2D eigenvalue weighted by Gasteiger charge is 2.36. The van der Waals surface area contributed by atoms with Crippen LogP contribution >= 0.6 is 0 Å². The molecule has 104 valence electrons. The van der Waals surface area contributed by atoms with E-state index >= 15 is 0 Å². The minimum Gasteiger partial charge on any atom is -0.310 e. The Morgan fingerprint density at radius 3 is 2.74 bits per heavy atom. The van der Waals surface area contributed by atoms with E-state index in [9.17, 15) is 0 Å². The van der Waals surface area contributed by atoms with Crippen LogP contribution in [0.4, 0.5) is 0 Å². The van der Waals surface area contributed by atoms with Crippen molar-refractivity contribution >= 4 is 0 Å². The molecule has 2 fully saturated rings. The van der Waals surface area contributed by atoms with E-state index in [1.807, 2.05) is 0 Å². The van der Waals surface area contributed by atoms with E-state index in [4.69, 9.17) is 0 Å². The third kappa shape index (κ3) is 3.01. The highest BCUT2D eigenvalue weighted by molar-refractivity contribution is 5.25. The minimum absolute atomic E-state index is 0.430. The summed E-state index contributed by atoms with van der Waals surface area (Å²) < 4.78 is 0. The second-order valence-electron chi connectivity index (χ2n) is 6.40. The molecule has 1 saturated heterocycles.